The van der Waals surface area contributed by atoms with Crippen LogP contribution in [0.5, 0.6) is 0 Å². The summed E-state index contributed by atoms with van der Waals surface area (Å²) in [5.74, 6) is 0.0285. The summed E-state index contributed by atoms with van der Waals surface area (Å²) >= 11 is 0. The number of hydrogen-bond donors (Lipinski definition) is 2. The standard InChI is InChI=1S/C12H21N3O2/c1-12(2)11(17)14-6-7-15(12)10(16)8-9-4-3-5-13-9/h9,13H,3-8H2,1-2H3,(H,14,17). The summed E-state index contributed by atoms with van der Waals surface area (Å²) < 4.78 is 0. The first-order valence-corrected chi connectivity index (χ1v) is 6.34. The van der Waals surface area contributed by atoms with Crippen molar-refractivity contribution in [3.8, 4) is 0 Å². The Morgan fingerprint density at radius 2 is 2.24 bits per heavy atom. The lowest BCUT2D eigenvalue weighted by Crippen LogP contribution is -2.63. The summed E-state index contributed by atoms with van der Waals surface area (Å²) in [6.07, 6.45) is 2.71. The van der Waals surface area contributed by atoms with Gasteiger partial charge in [-0.2, -0.15) is 0 Å². The fourth-order valence-electron chi connectivity index (χ4n) is 2.59. The van der Waals surface area contributed by atoms with Crippen LogP contribution < -0.4 is 10.6 Å². The number of nitrogens with one attached hydrogen (secondary N) is 2. The van der Waals surface area contributed by atoms with Crippen LogP contribution in [-0.4, -0.2) is 47.9 Å². The van der Waals surface area contributed by atoms with Gasteiger partial charge in [0.15, 0.2) is 0 Å². The summed E-state index contributed by atoms with van der Waals surface area (Å²) in [6.45, 7) is 5.79. The van der Waals surface area contributed by atoms with Gasteiger partial charge in [0.25, 0.3) is 0 Å². The van der Waals surface area contributed by atoms with E-state index in [1.807, 2.05) is 13.8 Å². The molecule has 0 bridgehead atoms. The van der Waals surface area contributed by atoms with E-state index in [1.54, 1.807) is 4.90 Å². The zero-order valence-electron chi connectivity index (χ0n) is 10.6. The summed E-state index contributed by atoms with van der Waals surface area (Å²) in [5.41, 5.74) is -0.714. The third-order valence-corrected chi connectivity index (χ3v) is 3.74. The number of nitrogens with zero attached hydrogens (tertiary/aromatic N) is 1. The van der Waals surface area contributed by atoms with Crippen molar-refractivity contribution >= 4 is 11.8 Å². The van der Waals surface area contributed by atoms with Crippen LogP contribution in [-0.2, 0) is 9.59 Å². The largest absolute Gasteiger partial charge is 0.352 e. The van der Waals surface area contributed by atoms with Crippen LogP contribution in [0.15, 0.2) is 0 Å². The molecular weight excluding hydrogens is 218 g/mol. The van der Waals surface area contributed by atoms with E-state index < -0.39 is 5.54 Å². The second-order valence-electron chi connectivity index (χ2n) is 5.36. The maximum absolute atomic E-state index is 12.2. The minimum Gasteiger partial charge on any atom is -0.352 e. The van der Waals surface area contributed by atoms with Gasteiger partial charge in [-0.15, -0.1) is 0 Å². The van der Waals surface area contributed by atoms with Gasteiger partial charge >= 0.3 is 0 Å². The lowest BCUT2D eigenvalue weighted by atomic mass is 9.97. The SMILES string of the molecule is CC1(C)C(=O)NCCN1C(=O)CC1CCCN1. The summed E-state index contributed by atoms with van der Waals surface area (Å²) in [6, 6.07) is 0.295. The first kappa shape index (κ1) is 12.4. The Morgan fingerprint density at radius 1 is 1.47 bits per heavy atom. The van der Waals surface area contributed by atoms with E-state index in [-0.39, 0.29) is 11.8 Å². The second kappa shape index (κ2) is 4.64. The van der Waals surface area contributed by atoms with Gasteiger partial charge in [0.2, 0.25) is 11.8 Å². The molecular formula is C12H21N3O2. The molecule has 17 heavy (non-hydrogen) atoms. The zero-order chi connectivity index (χ0) is 12.5. The van der Waals surface area contributed by atoms with Crippen molar-refractivity contribution in [3.63, 3.8) is 0 Å². The maximum atomic E-state index is 12.2. The van der Waals surface area contributed by atoms with Gasteiger partial charge in [-0.25, -0.2) is 0 Å². The van der Waals surface area contributed by atoms with Crippen molar-refractivity contribution < 1.29 is 9.59 Å². The van der Waals surface area contributed by atoms with E-state index in [0.29, 0.717) is 25.6 Å². The summed E-state index contributed by atoms with van der Waals surface area (Å²) in [7, 11) is 0. The van der Waals surface area contributed by atoms with Crippen LogP contribution >= 0.6 is 0 Å². The van der Waals surface area contributed by atoms with Crippen molar-refractivity contribution in [3.05, 3.63) is 0 Å². The van der Waals surface area contributed by atoms with E-state index in [2.05, 4.69) is 10.6 Å². The normalized spacial score (nSPS) is 28.0. The molecule has 2 amide bonds. The van der Waals surface area contributed by atoms with E-state index in [4.69, 9.17) is 0 Å². The molecule has 0 aromatic rings. The Hall–Kier alpha value is -1.10. The topological polar surface area (TPSA) is 61.4 Å². The van der Waals surface area contributed by atoms with Gasteiger partial charge < -0.3 is 15.5 Å². The molecule has 0 spiro atoms. The smallest absolute Gasteiger partial charge is 0.245 e. The number of amides is 2. The Labute approximate surface area is 102 Å². The maximum Gasteiger partial charge on any atom is 0.245 e. The van der Waals surface area contributed by atoms with Crippen LogP contribution in [0.4, 0.5) is 0 Å². The van der Waals surface area contributed by atoms with Crippen molar-refractivity contribution in [1.29, 1.82) is 0 Å². The minimum atomic E-state index is -0.714. The van der Waals surface area contributed by atoms with Crippen LogP contribution in [0.3, 0.4) is 0 Å². The molecule has 0 saturated carbocycles. The predicted octanol–water partition coefficient (Wildman–Crippen LogP) is -0.134. The Morgan fingerprint density at radius 3 is 2.88 bits per heavy atom. The van der Waals surface area contributed by atoms with Gasteiger partial charge in [0, 0.05) is 25.6 Å². The molecule has 2 N–H and O–H groups in total. The molecule has 5 nitrogen and oxygen atoms in total. The molecule has 2 rings (SSSR count). The highest BCUT2D eigenvalue weighted by atomic mass is 16.2. The third kappa shape index (κ3) is 2.44. The Kier molecular flexibility index (Phi) is 3.38. The Bertz CT molecular complexity index is 322. The molecule has 2 aliphatic rings. The monoisotopic (exact) mass is 239 g/mol. The quantitative estimate of drug-likeness (QED) is 0.705. The molecule has 1 atom stereocenters. The van der Waals surface area contributed by atoms with Gasteiger partial charge in [-0.3, -0.25) is 9.59 Å². The van der Waals surface area contributed by atoms with Crippen molar-refractivity contribution in [2.24, 2.45) is 0 Å². The second-order valence-corrected chi connectivity index (χ2v) is 5.36. The molecule has 2 saturated heterocycles. The highest BCUT2D eigenvalue weighted by Gasteiger charge is 2.40. The van der Waals surface area contributed by atoms with Crippen LogP contribution in [0.25, 0.3) is 0 Å². The minimum absolute atomic E-state index is 0.0588. The molecule has 96 valence electrons. The highest BCUT2D eigenvalue weighted by Crippen LogP contribution is 2.20. The molecule has 1 unspecified atom stereocenters. The van der Waals surface area contributed by atoms with Gasteiger partial charge in [0.05, 0.1) is 0 Å². The van der Waals surface area contributed by atoms with Crippen LogP contribution in [0.2, 0.25) is 0 Å². The van der Waals surface area contributed by atoms with E-state index in [0.717, 1.165) is 19.4 Å². The number of carbonyl (C=O) groups is 2. The van der Waals surface area contributed by atoms with Crippen molar-refractivity contribution in [2.45, 2.75) is 44.7 Å². The molecule has 0 aromatic carbocycles. The van der Waals surface area contributed by atoms with E-state index >= 15 is 0 Å². The summed E-state index contributed by atoms with van der Waals surface area (Å²) in [5, 5.41) is 6.12. The molecule has 5 heteroatoms. The molecule has 2 aliphatic heterocycles. The molecule has 0 aliphatic carbocycles. The highest BCUT2D eigenvalue weighted by molar-refractivity contribution is 5.92. The van der Waals surface area contributed by atoms with Crippen LogP contribution in [0.1, 0.15) is 33.1 Å². The third-order valence-electron chi connectivity index (χ3n) is 3.74. The van der Waals surface area contributed by atoms with Crippen molar-refractivity contribution in [1.82, 2.24) is 15.5 Å². The number of rotatable bonds is 2. The van der Waals surface area contributed by atoms with Crippen molar-refractivity contribution in [2.75, 3.05) is 19.6 Å². The van der Waals surface area contributed by atoms with Gasteiger partial charge in [-0.1, -0.05) is 0 Å². The molecule has 0 radical (unpaired) electrons. The van der Waals surface area contributed by atoms with E-state index in [9.17, 15) is 9.59 Å². The lowest BCUT2D eigenvalue weighted by molar-refractivity contribution is -0.149. The zero-order valence-corrected chi connectivity index (χ0v) is 10.6. The Balaban J connectivity index is 1.99. The first-order chi connectivity index (χ1) is 8.01. The number of piperazine rings is 1. The van der Waals surface area contributed by atoms with E-state index in [1.165, 1.54) is 0 Å². The molecule has 2 heterocycles. The lowest BCUT2D eigenvalue weighted by Gasteiger charge is -2.41. The molecule has 2 fully saturated rings. The number of carbonyl (C=O) groups excluding carboxylic acids is 2. The first-order valence-electron chi connectivity index (χ1n) is 6.34. The fourth-order valence-corrected chi connectivity index (χ4v) is 2.59. The average molecular weight is 239 g/mol. The fraction of sp³-hybridized carbons (Fsp3) is 0.833. The van der Waals surface area contributed by atoms with Crippen LogP contribution in [0, 0.1) is 0 Å². The van der Waals surface area contributed by atoms with Gasteiger partial charge in [0.1, 0.15) is 5.54 Å². The summed E-state index contributed by atoms with van der Waals surface area (Å²) in [4.78, 5) is 25.7. The molecule has 0 aromatic heterocycles. The average Bonchev–Trinajstić information content (AvgIpc) is 2.74. The number of hydrogen-bond acceptors (Lipinski definition) is 3. The van der Waals surface area contributed by atoms with Gasteiger partial charge in [-0.05, 0) is 33.2 Å². The predicted molar refractivity (Wildman–Crippen MR) is 64.4 cm³/mol.